The molecule has 0 spiro atoms. The van der Waals surface area contributed by atoms with E-state index in [9.17, 15) is 10.1 Å². The fourth-order valence-corrected chi connectivity index (χ4v) is 2.40. The predicted molar refractivity (Wildman–Crippen MR) is 66.0 cm³/mol. The second-order valence-corrected chi connectivity index (χ2v) is 4.50. The number of rotatable bonds is 2. The molecule has 1 aromatic heterocycles. The van der Waals surface area contributed by atoms with E-state index in [-0.39, 0.29) is 0 Å². The van der Waals surface area contributed by atoms with E-state index in [2.05, 4.69) is 5.10 Å². The van der Waals surface area contributed by atoms with Crippen LogP contribution in [0.15, 0.2) is 34.7 Å². The van der Waals surface area contributed by atoms with Crippen LogP contribution in [-0.2, 0) is 7.05 Å². The molecule has 17 heavy (non-hydrogen) atoms. The number of aryl methyl sites for hydroxylation is 1. The van der Waals surface area contributed by atoms with Crippen LogP contribution in [0.3, 0.4) is 0 Å². The Morgan fingerprint density at radius 2 is 2.00 bits per heavy atom. The Morgan fingerprint density at radius 1 is 1.35 bits per heavy atom. The molecule has 0 aliphatic carbocycles. The average molecular weight is 249 g/mol. The fraction of sp³-hybridized carbons (Fsp3) is 0.182. The smallest absolute Gasteiger partial charge is 0.262 e. The third-order valence-electron chi connectivity index (χ3n) is 2.44. The van der Waals surface area contributed by atoms with Crippen molar-refractivity contribution in [3.63, 3.8) is 0 Å². The Morgan fingerprint density at radius 3 is 2.59 bits per heavy atom. The van der Waals surface area contributed by atoms with Crippen LogP contribution in [0, 0.1) is 17.0 Å². The summed E-state index contributed by atoms with van der Waals surface area (Å²) in [6.45, 7) is 2.02. The molecule has 0 saturated heterocycles. The second-order valence-electron chi connectivity index (χ2n) is 3.67. The zero-order valence-electron chi connectivity index (χ0n) is 9.45. The van der Waals surface area contributed by atoms with Gasteiger partial charge < -0.3 is 4.57 Å². The molecule has 0 aliphatic rings. The number of thiazole rings is 1. The van der Waals surface area contributed by atoms with E-state index in [1.165, 1.54) is 16.9 Å². The van der Waals surface area contributed by atoms with Crippen LogP contribution in [0.5, 0.6) is 0 Å². The van der Waals surface area contributed by atoms with Crippen LogP contribution in [0.25, 0.3) is 11.3 Å². The van der Waals surface area contributed by atoms with Crippen LogP contribution in [0.4, 0.5) is 0 Å². The first-order valence-electron chi connectivity index (χ1n) is 4.98. The molecular formula is C11H11N3O2S. The van der Waals surface area contributed by atoms with Gasteiger partial charge in [0.05, 0.1) is 10.8 Å². The largest absolute Gasteiger partial charge is 0.315 e. The Kier molecular flexibility index (Phi) is 3.06. The molecule has 0 amide bonds. The van der Waals surface area contributed by atoms with E-state index in [1.807, 2.05) is 36.6 Å². The molecule has 88 valence electrons. The molecule has 0 atom stereocenters. The molecule has 2 rings (SSSR count). The van der Waals surface area contributed by atoms with Gasteiger partial charge in [-0.3, -0.25) is 0 Å². The van der Waals surface area contributed by atoms with Gasteiger partial charge in [0.15, 0.2) is 5.03 Å². The number of nitrogens with zero attached hydrogens (tertiary/aromatic N) is 3. The summed E-state index contributed by atoms with van der Waals surface area (Å²) >= 11 is 1.26. The van der Waals surface area contributed by atoms with Crippen LogP contribution >= 0.6 is 11.3 Å². The van der Waals surface area contributed by atoms with Gasteiger partial charge in [-0.15, -0.1) is 0 Å². The Labute approximate surface area is 102 Å². The van der Waals surface area contributed by atoms with Gasteiger partial charge in [0.1, 0.15) is 0 Å². The zero-order valence-corrected chi connectivity index (χ0v) is 10.3. The van der Waals surface area contributed by atoms with E-state index >= 15 is 0 Å². The Hall–Kier alpha value is -1.95. The third kappa shape index (κ3) is 2.42. The predicted octanol–water partition coefficient (Wildman–Crippen LogP) is 2.15. The van der Waals surface area contributed by atoms with Crippen molar-refractivity contribution in [2.24, 2.45) is 12.1 Å². The lowest BCUT2D eigenvalue weighted by atomic mass is 10.1. The summed E-state index contributed by atoms with van der Waals surface area (Å²) in [5.41, 5.74) is 3.14. The maximum Gasteiger partial charge on any atom is 0.262 e. The SMILES string of the molecule is Cc1ccc(-c2cs/c(=N\[N+](=O)[O-])n2C)cc1. The summed E-state index contributed by atoms with van der Waals surface area (Å²) in [7, 11) is 1.77. The van der Waals surface area contributed by atoms with Crippen LogP contribution < -0.4 is 4.80 Å². The minimum absolute atomic E-state index is 0.380. The lowest BCUT2D eigenvalue weighted by Crippen LogP contribution is -2.13. The molecule has 0 saturated carbocycles. The molecule has 2 aromatic rings. The molecule has 5 nitrogen and oxygen atoms in total. The van der Waals surface area contributed by atoms with E-state index in [1.54, 1.807) is 11.6 Å². The first-order valence-corrected chi connectivity index (χ1v) is 5.86. The highest BCUT2D eigenvalue weighted by atomic mass is 32.1. The molecule has 0 N–H and O–H groups in total. The van der Waals surface area contributed by atoms with Gasteiger partial charge in [0, 0.05) is 12.4 Å². The summed E-state index contributed by atoms with van der Waals surface area (Å²) in [6, 6.07) is 8.01. The molecule has 6 heteroatoms. The van der Waals surface area contributed by atoms with Crippen LogP contribution in [0.2, 0.25) is 0 Å². The highest BCUT2D eigenvalue weighted by molar-refractivity contribution is 7.07. The Bertz CT molecular complexity index is 610. The highest BCUT2D eigenvalue weighted by Gasteiger charge is 2.06. The van der Waals surface area contributed by atoms with Crippen molar-refractivity contribution in [1.82, 2.24) is 4.57 Å². The van der Waals surface area contributed by atoms with Crippen molar-refractivity contribution in [2.75, 3.05) is 0 Å². The van der Waals surface area contributed by atoms with Crippen LogP contribution in [0.1, 0.15) is 5.56 Å². The minimum atomic E-state index is -0.676. The summed E-state index contributed by atoms with van der Waals surface area (Å²) < 4.78 is 1.72. The standard InChI is InChI=1S/C11H11N3O2S/c1-8-3-5-9(6-4-8)10-7-17-11(13(10)2)12-14(15)16/h3-7H,1-2H3/b12-11-. The van der Waals surface area contributed by atoms with Crippen LogP contribution in [-0.4, -0.2) is 9.60 Å². The van der Waals surface area contributed by atoms with Gasteiger partial charge in [-0.2, -0.15) is 0 Å². The summed E-state index contributed by atoms with van der Waals surface area (Å²) in [5, 5.41) is 14.9. The van der Waals surface area contributed by atoms with E-state index in [4.69, 9.17) is 0 Å². The van der Waals surface area contributed by atoms with E-state index < -0.39 is 5.03 Å². The monoisotopic (exact) mass is 249 g/mol. The van der Waals surface area contributed by atoms with Crippen molar-refractivity contribution in [2.45, 2.75) is 6.92 Å². The molecular weight excluding hydrogens is 238 g/mol. The van der Waals surface area contributed by atoms with Gasteiger partial charge in [0.25, 0.3) is 4.80 Å². The van der Waals surface area contributed by atoms with Gasteiger partial charge in [0.2, 0.25) is 0 Å². The van der Waals surface area contributed by atoms with Gasteiger partial charge in [-0.05, 0) is 12.5 Å². The zero-order chi connectivity index (χ0) is 12.4. The maximum atomic E-state index is 10.3. The number of benzene rings is 1. The molecule has 1 aromatic carbocycles. The summed E-state index contributed by atoms with van der Waals surface area (Å²) in [5.74, 6) is 0. The van der Waals surface area contributed by atoms with Crippen molar-refractivity contribution in [3.05, 3.63) is 50.1 Å². The topological polar surface area (TPSA) is 60.4 Å². The van der Waals surface area contributed by atoms with Crippen molar-refractivity contribution in [3.8, 4) is 11.3 Å². The normalized spacial score (nSPS) is 11.8. The number of nitro groups is 1. The second kappa shape index (κ2) is 4.50. The van der Waals surface area contributed by atoms with Crippen molar-refractivity contribution in [1.29, 1.82) is 0 Å². The van der Waals surface area contributed by atoms with Gasteiger partial charge in [-0.25, -0.2) is 10.1 Å². The van der Waals surface area contributed by atoms with E-state index in [0.29, 0.717) is 4.80 Å². The molecule has 0 radical (unpaired) electrons. The quantitative estimate of drug-likeness (QED) is 0.604. The van der Waals surface area contributed by atoms with Gasteiger partial charge >= 0.3 is 0 Å². The summed E-state index contributed by atoms with van der Waals surface area (Å²) in [6.07, 6.45) is 0. The number of hydrogen-bond acceptors (Lipinski definition) is 3. The first-order chi connectivity index (χ1) is 8.08. The Balaban J connectivity index is 2.51. The third-order valence-corrected chi connectivity index (χ3v) is 3.35. The lowest BCUT2D eigenvalue weighted by molar-refractivity contribution is -0.490. The molecule has 0 aliphatic heterocycles. The average Bonchev–Trinajstić information content (AvgIpc) is 2.61. The lowest BCUT2D eigenvalue weighted by Gasteiger charge is -2.02. The highest BCUT2D eigenvalue weighted by Crippen LogP contribution is 2.19. The minimum Gasteiger partial charge on any atom is -0.315 e. The van der Waals surface area contributed by atoms with Crippen molar-refractivity contribution < 1.29 is 5.03 Å². The molecule has 1 heterocycles. The molecule has 0 fully saturated rings. The number of aromatic nitrogens is 1. The van der Waals surface area contributed by atoms with E-state index in [0.717, 1.165) is 11.3 Å². The molecule has 0 unspecified atom stereocenters. The van der Waals surface area contributed by atoms with Crippen molar-refractivity contribution >= 4 is 11.3 Å². The number of hydrogen-bond donors (Lipinski definition) is 0. The molecule has 0 bridgehead atoms. The summed E-state index contributed by atoms with van der Waals surface area (Å²) in [4.78, 5) is 10.7. The first kappa shape index (κ1) is 11.5. The fourth-order valence-electron chi connectivity index (χ4n) is 1.52. The maximum absolute atomic E-state index is 10.3. The van der Waals surface area contributed by atoms with Gasteiger partial charge in [-0.1, -0.05) is 41.2 Å².